The first-order valence-corrected chi connectivity index (χ1v) is 10.0. The Morgan fingerprint density at radius 2 is 1.71 bits per heavy atom. The summed E-state index contributed by atoms with van der Waals surface area (Å²) in [6.45, 7) is 4.24. The highest BCUT2D eigenvalue weighted by atomic mass is 32.2. The van der Waals surface area contributed by atoms with Crippen LogP contribution in [-0.2, 0) is 15.6 Å². The number of carbonyl (C=O) groups is 1. The van der Waals surface area contributed by atoms with Gasteiger partial charge in [-0.15, -0.1) is 0 Å². The summed E-state index contributed by atoms with van der Waals surface area (Å²) in [6, 6.07) is 14.5. The van der Waals surface area contributed by atoms with Crippen LogP contribution in [0.15, 0.2) is 48.5 Å². The van der Waals surface area contributed by atoms with Gasteiger partial charge in [0.2, 0.25) is 0 Å². The average molecular weight is 345 g/mol. The Hall–Kier alpha value is -2.14. The van der Waals surface area contributed by atoms with Crippen molar-refractivity contribution in [1.82, 2.24) is 0 Å². The normalized spacial score (nSPS) is 12.6. The van der Waals surface area contributed by atoms with E-state index in [9.17, 15) is 13.2 Å². The zero-order chi connectivity index (χ0) is 17.7. The molecule has 2 aromatic rings. The van der Waals surface area contributed by atoms with Crippen LogP contribution in [0.5, 0.6) is 0 Å². The van der Waals surface area contributed by atoms with Gasteiger partial charge >= 0.3 is 0 Å². The van der Waals surface area contributed by atoms with E-state index in [1.165, 1.54) is 6.26 Å². The van der Waals surface area contributed by atoms with Crippen LogP contribution in [0.3, 0.4) is 0 Å². The molecule has 2 aromatic carbocycles. The summed E-state index contributed by atoms with van der Waals surface area (Å²) in [4.78, 5) is 12.4. The fraction of sp³-hybridized carbons (Fsp3) is 0.316. The maximum absolute atomic E-state index is 12.4. The third kappa shape index (κ3) is 4.93. The molecule has 1 unspecified atom stereocenters. The first-order chi connectivity index (χ1) is 11.3. The van der Waals surface area contributed by atoms with Crippen molar-refractivity contribution in [3.05, 3.63) is 65.2 Å². The number of sulfone groups is 1. The number of hydrogen-bond acceptors (Lipinski definition) is 3. The molecule has 0 aliphatic rings. The predicted molar refractivity (Wildman–Crippen MR) is 98.1 cm³/mol. The van der Waals surface area contributed by atoms with Crippen LogP contribution in [0.2, 0.25) is 0 Å². The van der Waals surface area contributed by atoms with Crippen molar-refractivity contribution < 1.29 is 13.2 Å². The zero-order valence-electron chi connectivity index (χ0n) is 14.2. The zero-order valence-corrected chi connectivity index (χ0v) is 15.1. The Morgan fingerprint density at radius 1 is 1.08 bits per heavy atom. The van der Waals surface area contributed by atoms with E-state index in [1.54, 1.807) is 24.3 Å². The first-order valence-electron chi connectivity index (χ1n) is 7.97. The maximum Gasteiger partial charge on any atom is 0.255 e. The van der Waals surface area contributed by atoms with Crippen LogP contribution in [0.4, 0.5) is 5.69 Å². The summed E-state index contributed by atoms with van der Waals surface area (Å²) < 4.78 is 22.6. The lowest BCUT2D eigenvalue weighted by Gasteiger charge is -2.15. The van der Waals surface area contributed by atoms with Gasteiger partial charge in [-0.1, -0.05) is 44.2 Å². The van der Waals surface area contributed by atoms with Gasteiger partial charge in [0, 0.05) is 17.5 Å². The number of amides is 1. The minimum atomic E-state index is -3.08. The van der Waals surface area contributed by atoms with E-state index in [0.29, 0.717) is 17.0 Å². The minimum absolute atomic E-state index is 0.0221. The molecule has 0 aliphatic carbocycles. The van der Waals surface area contributed by atoms with Crippen molar-refractivity contribution in [2.45, 2.75) is 31.9 Å². The predicted octanol–water partition coefficient (Wildman–Crippen LogP) is 4.00. The van der Waals surface area contributed by atoms with E-state index in [-0.39, 0.29) is 11.7 Å². The van der Waals surface area contributed by atoms with Crippen molar-refractivity contribution >= 4 is 21.4 Å². The Morgan fingerprint density at radius 3 is 2.29 bits per heavy atom. The lowest BCUT2D eigenvalue weighted by molar-refractivity contribution is 0.102. The molecule has 2 rings (SSSR count). The molecular formula is C19H23NO3S. The van der Waals surface area contributed by atoms with Gasteiger partial charge in [0.1, 0.15) is 0 Å². The van der Waals surface area contributed by atoms with Crippen molar-refractivity contribution in [3.8, 4) is 0 Å². The molecule has 0 heterocycles. The molecule has 0 saturated heterocycles. The minimum Gasteiger partial charge on any atom is -0.322 e. The Balaban J connectivity index is 2.16. The van der Waals surface area contributed by atoms with Gasteiger partial charge in [-0.2, -0.15) is 0 Å². The van der Waals surface area contributed by atoms with Gasteiger partial charge in [-0.3, -0.25) is 4.79 Å². The van der Waals surface area contributed by atoms with E-state index in [4.69, 9.17) is 0 Å². The molecule has 1 N–H and O–H groups in total. The highest BCUT2D eigenvalue weighted by molar-refractivity contribution is 7.89. The van der Waals surface area contributed by atoms with Gasteiger partial charge in [-0.25, -0.2) is 8.42 Å². The highest BCUT2D eigenvalue weighted by Crippen LogP contribution is 2.26. The number of benzene rings is 2. The third-order valence-electron chi connectivity index (χ3n) is 4.00. The molecular weight excluding hydrogens is 322 g/mol. The molecule has 5 heteroatoms. The molecule has 1 amide bonds. The van der Waals surface area contributed by atoms with Gasteiger partial charge in [0.05, 0.1) is 5.75 Å². The summed E-state index contributed by atoms with van der Waals surface area (Å²) in [6.07, 6.45) is 2.19. The largest absolute Gasteiger partial charge is 0.322 e. The van der Waals surface area contributed by atoms with Crippen LogP contribution in [0.1, 0.15) is 47.7 Å². The maximum atomic E-state index is 12.4. The van der Waals surface area contributed by atoms with Crippen LogP contribution in [0.25, 0.3) is 0 Å². The molecule has 0 radical (unpaired) electrons. The van der Waals surface area contributed by atoms with Crippen molar-refractivity contribution in [1.29, 1.82) is 0 Å². The van der Waals surface area contributed by atoms with Crippen LogP contribution < -0.4 is 5.32 Å². The molecule has 128 valence electrons. The molecule has 1 atom stereocenters. The molecule has 0 aromatic heterocycles. The van der Waals surface area contributed by atoms with Crippen molar-refractivity contribution in [3.63, 3.8) is 0 Å². The Labute approximate surface area is 143 Å². The molecule has 0 fully saturated rings. The topological polar surface area (TPSA) is 63.2 Å². The van der Waals surface area contributed by atoms with Gasteiger partial charge < -0.3 is 5.32 Å². The molecule has 24 heavy (non-hydrogen) atoms. The molecule has 4 nitrogen and oxygen atoms in total. The fourth-order valence-corrected chi connectivity index (χ4v) is 3.31. The summed E-state index contributed by atoms with van der Waals surface area (Å²) in [5.41, 5.74) is 3.11. The fourth-order valence-electron chi connectivity index (χ4n) is 2.51. The smallest absolute Gasteiger partial charge is 0.255 e. The summed E-state index contributed by atoms with van der Waals surface area (Å²) >= 11 is 0. The molecule has 0 aliphatic heterocycles. The van der Waals surface area contributed by atoms with Gasteiger partial charge in [0.25, 0.3) is 5.91 Å². The van der Waals surface area contributed by atoms with Crippen molar-refractivity contribution in [2.75, 3.05) is 11.6 Å². The average Bonchev–Trinajstić information content (AvgIpc) is 2.53. The first kappa shape index (κ1) is 18.2. The van der Waals surface area contributed by atoms with Gasteiger partial charge in [-0.05, 0) is 41.7 Å². The lowest BCUT2D eigenvalue weighted by Crippen LogP contribution is -2.14. The second-order valence-corrected chi connectivity index (χ2v) is 8.26. The molecule has 0 spiro atoms. The van der Waals surface area contributed by atoms with E-state index < -0.39 is 9.84 Å². The van der Waals surface area contributed by atoms with Crippen LogP contribution in [0, 0.1) is 0 Å². The number of rotatable bonds is 6. The second-order valence-electron chi connectivity index (χ2n) is 6.12. The standard InChI is InChI=1S/C19H23NO3S/c1-4-14(2)17-7-5-6-8-18(17)20-19(21)16-11-9-15(10-12-16)13-24(3,22)23/h5-12,14H,4,13H2,1-3H3,(H,20,21). The number of anilines is 1. The van der Waals surface area contributed by atoms with E-state index in [2.05, 4.69) is 19.2 Å². The number of para-hydroxylation sites is 1. The summed E-state index contributed by atoms with van der Waals surface area (Å²) in [5.74, 6) is 0.140. The van der Waals surface area contributed by atoms with E-state index in [1.807, 2.05) is 24.3 Å². The second kappa shape index (κ2) is 7.62. The lowest BCUT2D eigenvalue weighted by atomic mass is 9.97. The van der Waals surface area contributed by atoms with Crippen molar-refractivity contribution in [2.24, 2.45) is 0 Å². The number of carbonyl (C=O) groups excluding carboxylic acids is 1. The monoisotopic (exact) mass is 345 g/mol. The Bertz CT molecular complexity index is 811. The summed E-state index contributed by atoms with van der Waals surface area (Å²) in [5, 5.41) is 2.95. The summed E-state index contributed by atoms with van der Waals surface area (Å²) in [7, 11) is -3.08. The Kier molecular flexibility index (Phi) is 5.78. The third-order valence-corrected chi connectivity index (χ3v) is 4.85. The number of hydrogen-bond donors (Lipinski definition) is 1. The SMILES string of the molecule is CCC(C)c1ccccc1NC(=O)c1ccc(CS(C)(=O)=O)cc1. The van der Waals surface area contributed by atoms with E-state index >= 15 is 0 Å². The van der Waals surface area contributed by atoms with Crippen LogP contribution >= 0.6 is 0 Å². The van der Waals surface area contributed by atoms with E-state index in [0.717, 1.165) is 17.7 Å². The molecule has 0 bridgehead atoms. The number of nitrogens with one attached hydrogen (secondary N) is 1. The highest BCUT2D eigenvalue weighted by Gasteiger charge is 2.12. The quantitative estimate of drug-likeness (QED) is 0.861. The molecule has 0 saturated carbocycles. The van der Waals surface area contributed by atoms with Crippen LogP contribution in [-0.4, -0.2) is 20.6 Å². The van der Waals surface area contributed by atoms with Gasteiger partial charge in [0.15, 0.2) is 9.84 Å².